The standard InChI is InChI=1S/C27H23F3N2O4S/c1-17-7-10-22(27(28,29)30)14-21(17)16-36-25-15-23(11-12-24(25)32-37(2,34)35)31-26(33)20-9-8-18-5-3-4-6-19(18)13-20/h3-15,32H,16H2,1-2H3,(H,31,33). The van der Waals surface area contributed by atoms with Gasteiger partial charge in [0.25, 0.3) is 5.91 Å². The summed E-state index contributed by atoms with van der Waals surface area (Å²) >= 11 is 0. The van der Waals surface area contributed by atoms with Crippen LogP contribution in [0.5, 0.6) is 5.75 Å². The van der Waals surface area contributed by atoms with E-state index in [1.165, 1.54) is 24.3 Å². The molecule has 0 aliphatic rings. The molecule has 4 aromatic carbocycles. The second kappa shape index (κ2) is 10.1. The lowest BCUT2D eigenvalue weighted by molar-refractivity contribution is -0.137. The van der Waals surface area contributed by atoms with Crippen molar-refractivity contribution >= 4 is 38.1 Å². The van der Waals surface area contributed by atoms with Gasteiger partial charge in [0.15, 0.2) is 0 Å². The Morgan fingerprint density at radius 3 is 2.35 bits per heavy atom. The van der Waals surface area contributed by atoms with E-state index in [-0.39, 0.29) is 23.6 Å². The van der Waals surface area contributed by atoms with Crippen LogP contribution in [0.25, 0.3) is 10.8 Å². The summed E-state index contributed by atoms with van der Waals surface area (Å²) in [5, 5.41) is 4.62. The summed E-state index contributed by atoms with van der Waals surface area (Å²) in [5.41, 5.74) is 0.850. The first-order valence-corrected chi connectivity index (χ1v) is 13.0. The van der Waals surface area contributed by atoms with E-state index >= 15 is 0 Å². The number of aryl methyl sites for hydroxylation is 1. The highest BCUT2D eigenvalue weighted by Crippen LogP contribution is 2.33. The number of nitrogens with one attached hydrogen (secondary N) is 2. The molecule has 0 atom stereocenters. The van der Waals surface area contributed by atoms with Crippen molar-refractivity contribution in [2.24, 2.45) is 0 Å². The molecule has 0 unspecified atom stereocenters. The number of hydrogen-bond acceptors (Lipinski definition) is 4. The second-order valence-electron chi connectivity index (χ2n) is 8.53. The zero-order chi connectivity index (χ0) is 26.8. The first-order valence-electron chi connectivity index (χ1n) is 11.1. The van der Waals surface area contributed by atoms with Gasteiger partial charge in [-0.2, -0.15) is 13.2 Å². The van der Waals surface area contributed by atoms with Gasteiger partial charge in [-0.05, 0) is 65.2 Å². The van der Waals surface area contributed by atoms with Crippen LogP contribution in [-0.2, 0) is 22.8 Å². The predicted octanol–water partition coefficient (Wildman–Crippen LogP) is 6.37. The number of amides is 1. The highest BCUT2D eigenvalue weighted by Gasteiger charge is 2.30. The van der Waals surface area contributed by atoms with E-state index in [1.54, 1.807) is 19.1 Å². The number of fused-ring (bicyclic) bond motifs is 1. The Labute approximate surface area is 212 Å². The van der Waals surface area contributed by atoms with Crippen LogP contribution in [0.15, 0.2) is 78.9 Å². The van der Waals surface area contributed by atoms with Gasteiger partial charge < -0.3 is 10.1 Å². The van der Waals surface area contributed by atoms with Gasteiger partial charge in [-0.1, -0.05) is 36.4 Å². The molecule has 2 N–H and O–H groups in total. The van der Waals surface area contributed by atoms with Crippen molar-refractivity contribution in [3.8, 4) is 5.75 Å². The van der Waals surface area contributed by atoms with Crippen LogP contribution in [0.2, 0.25) is 0 Å². The van der Waals surface area contributed by atoms with E-state index in [4.69, 9.17) is 4.74 Å². The largest absolute Gasteiger partial charge is 0.487 e. The number of hydrogen-bond donors (Lipinski definition) is 2. The number of alkyl halides is 3. The number of sulfonamides is 1. The number of carbonyl (C=O) groups excluding carboxylic acids is 1. The van der Waals surface area contributed by atoms with E-state index in [9.17, 15) is 26.4 Å². The molecule has 37 heavy (non-hydrogen) atoms. The average molecular weight is 529 g/mol. The first kappa shape index (κ1) is 26.0. The topological polar surface area (TPSA) is 84.5 Å². The van der Waals surface area contributed by atoms with E-state index in [1.807, 2.05) is 30.3 Å². The van der Waals surface area contributed by atoms with E-state index in [2.05, 4.69) is 10.0 Å². The number of rotatable bonds is 7. The van der Waals surface area contributed by atoms with Gasteiger partial charge >= 0.3 is 6.18 Å². The zero-order valence-corrected chi connectivity index (χ0v) is 20.7. The Bertz CT molecular complexity index is 1580. The highest BCUT2D eigenvalue weighted by molar-refractivity contribution is 7.92. The van der Waals surface area contributed by atoms with Gasteiger partial charge in [0, 0.05) is 17.3 Å². The fraction of sp³-hybridized carbons (Fsp3) is 0.148. The number of halogens is 3. The number of anilines is 2. The fourth-order valence-corrected chi connectivity index (χ4v) is 4.26. The van der Waals surface area contributed by atoms with E-state index in [0.29, 0.717) is 16.8 Å². The maximum Gasteiger partial charge on any atom is 0.416 e. The third-order valence-corrected chi connectivity index (χ3v) is 6.20. The van der Waals surface area contributed by atoms with Crippen molar-refractivity contribution < 1.29 is 31.1 Å². The van der Waals surface area contributed by atoms with E-state index < -0.39 is 27.7 Å². The smallest absolute Gasteiger partial charge is 0.416 e. The van der Waals surface area contributed by atoms with Crippen molar-refractivity contribution in [2.75, 3.05) is 16.3 Å². The molecule has 10 heteroatoms. The first-order chi connectivity index (χ1) is 17.4. The molecule has 0 aliphatic heterocycles. The second-order valence-corrected chi connectivity index (χ2v) is 10.3. The minimum atomic E-state index is -4.52. The number of benzene rings is 4. The molecule has 6 nitrogen and oxygen atoms in total. The van der Waals surface area contributed by atoms with Crippen molar-refractivity contribution in [1.82, 2.24) is 0 Å². The summed E-state index contributed by atoms with van der Waals surface area (Å²) < 4.78 is 71.2. The lowest BCUT2D eigenvalue weighted by Gasteiger charge is -2.16. The molecule has 0 radical (unpaired) electrons. The average Bonchev–Trinajstić information content (AvgIpc) is 2.83. The molecule has 0 aromatic heterocycles. The molecule has 4 rings (SSSR count). The highest BCUT2D eigenvalue weighted by atomic mass is 32.2. The molecule has 192 valence electrons. The zero-order valence-electron chi connectivity index (χ0n) is 19.9. The van der Waals surface area contributed by atoms with Crippen molar-refractivity contribution in [3.05, 3.63) is 101 Å². The summed E-state index contributed by atoms with van der Waals surface area (Å²) in [6.45, 7) is 1.39. The van der Waals surface area contributed by atoms with Crippen LogP contribution in [0, 0.1) is 6.92 Å². The Hall–Kier alpha value is -4.05. The van der Waals surface area contributed by atoms with Gasteiger partial charge in [0.05, 0.1) is 17.5 Å². The Morgan fingerprint density at radius 2 is 1.65 bits per heavy atom. The predicted molar refractivity (Wildman–Crippen MR) is 137 cm³/mol. The molecule has 0 spiro atoms. The van der Waals surface area contributed by atoms with Gasteiger partial charge in [0.2, 0.25) is 10.0 Å². The van der Waals surface area contributed by atoms with Gasteiger partial charge in [-0.15, -0.1) is 0 Å². The molecule has 0 fully saturated rings. The third kappa shape index (κ3) is 6.59. The van der Waals surface area contributed by atoms with Crippen molar-refractivity contribution in [3.63, 3.8) is 0 Å². The third-order valence-electron chi connectivity index (χ3n) is 5.61. The summed E-state index contributed by atoms with van der Waals surface area (Å²) in [6, 6.07) is 20.5. The molecule has 1 amide bonds. The van der Waals surface area contributed by atoms with Crippen molar-refractivity contribution in [1.29, 1.82) is 0 Å². The summed E-state index contributed by atoms with van der Waals surface area (Å²) in [7, 11) is -3.68. The Morgan fingerprint density at radius 1 is 0.919 bits per heavy atom. The SMILES string of the molecule is Cc1ccc(C(F)(F)F)cc1COc1cc(NC(=O)c2ccc3ccccc3c2)ccc1NS(C)(=O)=O. The lowest BCUT2D eigenvalue weighted by Crippen LogP contribution is -2.14. The van der Waals surface area contributed by atoms with Crippen LogP contribution in [0.3, 0.4) is 0 Å². The van der Waals surface area contributed by atoms with Gasteiger partial charge in [-0.3, -0.25) is 9.52 Å². The Kier molecular flexibility index (Phi) is 7.13. The molecular weight excluding hydrogens is 505 g/mol. The van der Waals surface area contributed by atoms with Crippen LogP contribution in [0.4, 0.5) is 24.5 Å². The minimum Gasteiger partial charge on any atom is -0.487 e. The molecule has 4 aromatic rings. The fourth-order valence-electron chi connectivity index (χ4n) is 3.70. The van der Waals surface area contributed by atoms with Crippen LogP contribution < -0.4 is 14.8 Å². The van der Waals surface area contributed by atoms with Gasteiger partial charge in [0.1, 0.15) is 12.4 Å². The maximum atomic E-state index is 13.2. The van der Waals surface area contributed by atoms with E-state index in [0.717, 1.165) is 29.2 Å². The molecule has 0 saturated carbocycles. The monoisotopic (exact) mass is 528 g/mol. The van der Waals surface area contributed by atoms with Gasteiger partial charge in [-0.25, -0.2) is 8.42 Å². The summed E-state index contributed by atoms with van der Waals surface area (Å²) in [5.74, 6) is -0.354. The quantitative estimate of drug-likeness (QED) is 0.292. The normalized spacial score (nSPS) is 11.8. The molecule has 0 heterocycles. The molecule has 0 bridgehead atoms. The summed E-state index contributed by atoms with van der Waals surface area (Å²) in [6.07, 6.45) is -3.55. The minimum absolute atomic E-state index is 0.0403. The maximum absolute atomic E-state index is 13.2. The Balaban J connectivity index is 1.60. The summed E-state index contributed by atoms with van der Waals surface area (Å²) in [4.78, 5) is 12.9. The van der Waals surface area contributed by atoms with Crippen LogP contribution >= 0.6 is 0 Å². The van der Waals surface area contributed by atoms with Crippen LogP contribution in [0.1, 0.15) is 27.0 Å². The molecule has 0 saturated heterocycles. The number of ether oxygens (including phenoxy) is 1. The number of carbonyl (C=O) groups is 1. The van der Waals surface area contributed by atoms with Crippen molar-refractivity contribution in [2.45, 2.75) is 19.7 Å². The lowest BCUT2D eigenvalue weighted by atomic mass is 10.1. The molecular formula is C27H23F3N2O4S. The molecule has 0 aliphatic carbocycles. The van der Waals surface area contributed by atoms with Crippen LogP contribution in [-0.4, -0.2) is 20.6 Å².